The van der Waals surface area contributed by atoms with E-state index in [-0.39, 0.29) is 17.7 Å². The Morgan fingerprint density at radius 3 is 2.17 bits per heavy atom. The molecular formula is C13H21NO3S. The van der Waals surface area contributed by atoms with Gasteiger partial charge in [-0.15, -0.1) is 0 Å². The normalized spacial score (nSPS) is 13.6. The maximum Gasteiger partial charge on any atom is 0.211 e. The molecule has 102 valence electrons. The standard InChI is InChI=1S/C13H21NO3S/c1-5-18(15,16)14-13(10(2)3)11-6-8-12(17-4)9-7-11/h6-10,13-14H,5H2,1-4H3/t13-/m1/s1. The average molecular weight is 271 g/mol. The van der Waals surface area contributed by atoms with Gasteiger partial charge in [-0.05, 0) is 30.5 Å². The number of ether oxygens (including phenoxy) is 1. The van der Waals surface area contributed by atoms with Gasteiger partial charge in [-0.25, -0.2) is 13.1 Å². The van der Waals surface area contributed by atoms with Crippen molar-refractivity contribution in [2.24, 2.45) is 5.92 Å². The molecule has 0 aliphatic rings. The average Bonchev–Trinajstić information content (AvgIpc) is 2.36. The van der Waals surface area contributed by atoms with Crippen LogP contribution < -0.4 is 9.46 Å². The van der Waals surface area contributed by atoms with Crippen LogP contribution in [0, 0.1) is 5.92 Å². The van der Waals surface area contributed by atoms with Crippen molar-refractivity contribution < 1.29 is 13.2 Å². The molecular weight excluding hydrogens is 250 g/mol. The lowest BCUT2D eigenvalue weighted by Crippen LogP contribution is -2.32. The number of benzene rings is 1. The SMILES string of the molecule is CCS(=O)(=O)N[C@@H](c1ccc(OC)cc1)C(C)C. The van der Waals surface area contributed by atoms with Gasteiger partial charge in [0.25, 0.3) is 0 Å². The monoisotopic (exact) mass is 271 g/mol. The fraction of sp³-hybridized carbons (Fsp3) is 0.538. The third-order valence-corrected chi connectivity index (χ3v) is 4.20. The van der Waals surface area contributed by atoms with Crippen LogP contribution in [0.4, 0.5) is 0 Å². The maximum absolute atomic E-state index is 11.7. The maximum atomic E-state index is 11.7. The minimum Gasteiger partial charge on any atom is -0.497 e. The van der Waals surface area contributed by atoms with Gasteiger partial charge in [0.15, 0.2) is 0 Å². The summed E-state index contributed by atoms with van der Waals surface area (Å²) < 4.78 is 31.2. The molecule has 0 heterocycles. The van der Waals surface area contributed by atoms with Crippen LogP contribution in [-0.2, 0) is 10.0 Å². The second-order valence-corrected chi connectivity index (χ2v) is 6.56. The molecule has 0 amide bonds. The first-order valence-electron chi connectivity index (χ1n) is 6.03. The van der Waals surface area contributed by atoms with Crippen molar-refractivity contribution >= 4 is 10.0 Å². The van der Waals surface area contributed by atoms with Crippen molar-refractivity contribution in [3.8, 4) is 5.75 Å². The van der Waals surface area contributed by atoms with Gasteiger partial charge in [-0.2, -0.15) is 0 Å². The van der Waals surface area contributed by atoms with E-state index in [4.69, 9.17) is 4.74 Å². The minimum atomic E-state index is -3.21. The van der Waals surface area contributed by atoms with E-state index >= 15 is 0 Å². The molecule has 0 aliphatic heterocycles. The molecule has 1 rings (SSSR count). The number of nitrogens with one attached hydrogen (secondary N) is 1. The zero-order valence-electron chi connectivity index (χ0n) is 11.3. The molecule has 4 nitrogen and oxygen atoms in total. The van der Waals surface area contributed by atoms with E-state index in [2.05, 4.69) is 4.72 Å². The zero-order valence-corrected chi connectivity index (χ0v) is 12.1. The van der Waals surface area contributed by atoms with E-state index in [0.29, 0.717) is 0 Å². The lowest BCUT2D eigenvalue weighted by atomic mass is 9.97. The van der Waals surface area contributed by atoms with Crippen LogP contribution in [0.15, 0.2) is 24.3 Å². The molecule has 0 bridgehead atoms. The van der Waals surface area contributed by atoms with Crippen molar-refractivity contribution in [2.45, 2.75) is 26.8 Å². The van der Waals surface area contributed by atoms with Crippen molar-refractivity contribution in [1.29, 1.82) is 0 Å². The van der Waals surface area contributed by atoms with Crippen LogP contribution in [0.1, 0.15) is 32.4 Å². The molecule has 0 unspecified atom stereocenters. The Morgan fingerprint density at radius 1 is 1.22 bits per heavy atom. The van der Waals surface area contributed by atoms with E-state index in [0.717, 1.165) is 11.3 Å². The Kier molecular flexibility index (Phi) is 5.16. The lowest BCUT2D eigenvalue weighted by Gasteiger charge is -2.22. The van der Waals surface area contributed by atoms with Crippen molar-refractivity contribution in [2.75, 3.05) is 12.9 Å². The van der Waals surface area contributed by atoms with E-state index in [1.807, 2.05) is 38.1 Å². The van der Waals surface area contributed by atoms with E-state index in [9.17, 15) is 8.42 Å². The summed E-state index contributed by atoms with van der Waals surface area (Å²) in [5, 5.41) is 0. The molecule has 0 saturated carbocycles. The second kappa shape index (κ2) is 6.20. The number of hydrogen-bond acceptors (Lipinski definition) is 3. The third-order valence-electron chi connectivity index (χ3n) is 2.83. The van der Waals surface area contributed by atoms with E-state index in [1.165, 1.54) is 0 Å². The molecule has 1 atom stereocenters. The molecule has 0 radical (unpaired) electrons. The van der Waals surface area contributed by atoms with Crippen molar-refractivity contribution in [3.05, 3.63) is 29.8 Å². The van der Waals surface area contributed by atoms with E-state index < -0.39 is 10.0 Å². The molecule has 0 aromatic heterocycles. The largest absolute Gasteiger partial charge is 0.497 e. The fourth-order valence-electron chi connectivity index (χ4n) is 1.68. The van der Waals surface area contributed by atoms with Crippen LogP contribution in [0.5, 0.6) is 5.75 Å². The highest BCUT2D eigenvalue weighted by Crippen LogP contribution is 2.24. The first kappa shape index (κ1) is 15.0. The molecule has 1 aromatic carbocycles. The molecule has 0 aliphatic carbocycles. The number of rotatable bonds is 6. The first-order valence-corrected chi connectivity index (χ1v) is 7.68. The highest BCUT2D eigenvalue weighted by atomic mass is 32.2. The summed E-state index contributed by atoms with van der Waals surface area (Å²) in [6.45, 7) is 5.62. The predicted molar refractivity (Wildman–Crippen MR) is 73.2 cm³/mol. The Bertz CT molecular complexity index is 466. The summed E-state index contributed by atoms with van der Waals surface area (Å²) in [6.07, 6.45) is 0. The van der Waals surface area contributed by atoms with Crippen LogP contribution in [0.3, 0.4) is 0 Å². The summed E-state index contributed by atoms with van der Waals surface area (Å²) in [4.78, 5) is 0. The Balaban J connectivity index is 2.97. The van der Waals surface area contributed by atoms with Crippen LogP contribution in [-0.4, -0.2) is 21.3 Å². The molecule has 0 fully saturated rings. The summed E-state index contributed by atoms with van der Waals surface area (Å²) in [5.41, 5.74) is 0.947. The Hall–Kier alpha value is -1.07. The van der Waals surface area contributed by atoms with Gasteiger partial charge in [0.05, 0.1) is 12.9 Å². The van der Waals surface area contributed by atoms with Gasteiger partial charge >= 0.3 is 0 Å². The van der Waals surface area contributed by atoms with Gasteiger partial charge in [-0.3, -0.25) is 0 Å². The number of sulfonamides is 1. The summed E-state index contributed by atoms with van der Waals surface area (Å²) in [5.74, 6) is 1.03. The number of methoxy groups -OCH3 is 1. The van der Waals surface area contributed by atoms with Crippen molar-refractivity contribution in [3.63, 3.8) is 0 Å². The quantitative estimate of drug-likeness (QED) is 0.864. The van der Waals surface area contributed by atoms with Crippen LogP contribution in [0.25, 0.3) is 0 Å². The lowest BCUT2D eigenvalue weighted by molar-refractivity contribution is 0.413. The molecule has 5 heteroatoms. The Labute approximate surface area is 109 Å². The topological polar surface area (TPSA) is 55.4 Å². The molecule has 1 aromatic rings. The molecule has 0 saturated heterocycles. The van der Waals surface area contributed by atoms with Gasteiger partial charge in [-0.1, -0.05) is 26.0 Å². The van der Waals surface area contributed by atoms with Gasteiger partial charge in [0.1, 0.15) is 5.75 Å². The Morgan fingerprint density at radius 2 is 1.78 bits per heavy atom. The smallest absolute Gasteiger partial charge is 0.211 e. The van der Waals surface area contributed by atoms with Crippen LogP contribution in [0.2, 0.25) is 0 Å². The summed E-state index contributed by atoms with van der Waals surface area (Å²) in [6, 6.07) is 7.25. The predicted octanol–water partition coefficient (Wildman–Crippen LogP) is 2.33. The molecule has 0 spiro atoms. The fourth-order valence-corrected chi connectivity index (χ4v) is 2.64. The van der Waals surface area contributed by atoms with E-state index in [1.54, 1.807) is 14.0 Å². The van der Waals surface area contributed by atoms with Gasteiger partial charge in [0.2, 0.25) is 10.0 Å². The third kappa shape index (κ3) is 3.99. The minimum absolute atomic E-state index is 0.0897. The van der Waals surface area contributed by atoms with Gasteiger partial charge in [0, 0.05) is 6.04 Å². The summed E-state index contributed by atoms with van der Waals surface area (Å²) >= 11 is 0. The first-order chi connectivity index (χ1) is 8.39. The van der Waals surface area contributed by atoms with Gasteiger partial charge < -0.3 is 4.74 Å². The zero-order chi connectivity index (χ0) is 13.8. The number of hydrogen-bond donors (Lipinski definition) is 1. The van der Waals surface area contributed by atoms with Crippen molar-refractivity contribution in [1.82, 2.24) is 4.72 Å². The highest BCUT2D eigenvalue weighted by molar-refractivity contribution is 7.89. The molecule has 18 heavy (non-hydrogen) atoms. The summed E-state index contributed by atoms with van der Waals surface area (Å²) in [7, 11) is -1.60. The second-order valence-electron chi connectivity index (χ2n) is 4.52. The van der Waals surface area contributed by atoms with Crippen LogP contribution >= 0.6 is 0 Å². The molecule has 1 N–H and O–H groups in total. The highest BCUT2D eigenvalue weighted by Gasteiger charge is 2.21.